The molecule has 0 spiro atoms. The molecule has 55 heavy (non-hydrogen) atoms. The highest BCUT2D eigenvalue weighted by Gasteiger charge is 2.70. The predicted octanol–water partition coefficient (Wildman–Crippen LogP) is 5.29. The number of hydrogen-bond acceptors (Lipinski definition) is 7. The van der Waals surface area contributed by atoms with Crippen molar-refractivity contribution in [1.29, 1.82) is 0 Å². The number of carbonyl (C=O) groups is 5. The molecule has 8 atom stereocenters. The number of piperidine rings is 1. The van der Waals surface area contributed by atoms with Crippen LogP contribution >= 0.6 is 0 Å². The van der Waals surface area contributed by atoms with E-state index in [4.69, 9.17) is 0 Å². The number of amides is 4. The molecule has 3 saturated carbocycles. The number of Topliss-reactive ketones (excluding diaryl/α,β-unsaturated/α-hetero) is 1. The van der Waals surface area contributed by atoms with E-state index in [0.717, 1.165) is 56.9 Å². The number of nitrogens with zero attached hydrogens (tertiary/aromatic N) is 1. The van der Waals surface area contributed by atoms with Crippen molar-refractivity contribution in [3.05, 3.63) is 24.3 Å². The quantitative estimate of drug-likeness (QED) is 0.142. The molecule has 5 rings (SSSR count). The van der Waals surface area contributed by atoms with Crippen molar-refractivity contribution in [3.8, 4) is 0 Å². The molecule has 0 aromatic rings. The van der Waals surface area contributed by atoms with Gasteiger partial charge >= 0.3 is 0 Å². The average molecular weight is 785 g/mol. The Balaban J connectivity index is 1.42. The Hall–Kier alpha value is -3.02. The second-order valence-electron chi connectivity index (χ2n) is 18.8. The summed E-state index contributed by atoms with van der Waals surface area (Å²) in [4.78, 5) is 71.6. The Labute approximate surface area is 330 Å². The molecule has 5 aliphatic rings. The molecule has 2 heterocycles. The summed E-state index contributed by atoms with van der Waals surface area (Å²) in [5.74, 6) is -3.06. The van der Waals surface area contributed by atoms with Crippen LogP contribution in [0.1, 0.15) is 126 Å². The normalized spacial score (nSPS) is 29.1. The largest absolute Gasteiger partial charge is 0.346 e. The molecule has 308 valence electrons. The zero-order valence-corrected chi connectivity index (χ0v) is 35.5. The predicted molar refractivity (Wildman–Crippen MR) is 214 cm³/mol. The van der Waals surface area contributed by atoms with Gasteiger partial charge in [-0.05, 0) is 80.5 Å². The number of sulfone groups is 1. The highest BCUT2D eigenvalue weighted by molar-refractivity contribution is 7.92. The van der Waals surface area contributed by atoms with Crippen LogP contribution in [0.4, 0.5) is 0 Å². The number of nitrogens with one attached hydrogen (secondary N) is 3. The fourth-order valence-corrected chi connectivity index (χ4v) is 13.2. The molecule has 0 radical (unpaired) electrons. The maximum absolute atomic E-state index is 15.0. The Bertz CT molecular complexity index is 1660. The first kappa shape index (κ1) is 43.1. The number of likely N-dealkylation sites (tertiary alicyclic amines) is 1. The lowest BCUT2D eigenvalue weighted by Gasteiger charge is -2.50. The molecular weight excluding hydrogens is 717 g/mol. The number of rotatable bonds is 16. The van der Waals surface area contributed by atoms with Gasteiger partial charge in [-0.3, -0.25) is 24.0 Å². The molecule has 2 aliphatic heterocycles. The molecule has 3 N–H and O–H groups in total. The van der Waals surface area contributed by atoms with E-state index in [1.54, 1.807) is 4.90 Å². The summed E-state index contributed by atoms with van der Waals surface area (Å²) < 4.78 is 27.2. The van der Waals surface area contributed by atoms with E-state index in [1.807, 2.05) is 47.6 Å². The Kier molecular flexibility index (Phi) is 12.9. The first-order valence-electron chi connectivity index (χ1n) is 20.9. The van der Waals surface area contributed by atoms with Crippen molar-refractivity contribution in [3.63, 3.8) is 0 Å². The van der Waals surface area contributed by atoms with Gasteiger partial charge in [0, 0.05) is 24.4 Å². The van der Waals surface area contributed by atoms with Crippen molar-refractivity contribution in [2.24, 2.45) is 45.8 Å². The molecule has 5 fully saturated rings. The molecule has 8 unspecified atom stereocenters. The third kappa shape index (κ3) is 8.50. The van der Waals surface area contributed by atoms with E-state index >= 15 is 4.79 Å². The summed E-state index contributed by atoms with van der Waals surface area (Å²) in [6, 6.07) is -2.91. The molecule has 2 saturated heterocycles. The second kappa shape index (κ2) is 16.5. The third-order valence-electron chi connectivity index (χ3n) is 15.1. The molecule has 0 aromatic heterocycles. The van der Waals surface area contributed by atoms with Crippen LogP contribution in [0.3, 0.4) is 0 Å². The fourth-order valence-electron chi connectivity index (χ4n) is 10.6. The van der Waals surface area contributed by atoms with Crippen LogP contribution in [0.2, 0.25) is 0 Å². The monoisotopic (exact) mass is 784 g/mol. The van der Waals surface area contributed by atoms with E-state index in [9.17, 15) is 27.6 Å². The van der Waals surface area contributed by atoms with Crippen molar-refractivity contribution in [2.45, 2.75) is 149 Å². The van der Waals surface area contributed by atoms with Crippen LogP contribution < -0.4 is 16.0 Å². The van der Waals surface area contributed by atoms with Crippen LogP contribution in [-0.4, -0.2) is 84.9 Å². The van der Waals surface area contributed by atoms with Crippen LogP contribution in [0.5, 0.6) is 0 Å². The van der Waals surface area contributed by atoms with E-state index in [2.05, 4.69) is 36.4 Å². The first-order chi connectivity index (χ1) is 25.8. The number of carbonyl (C=O) groups excluding carboxylic acids is 5. The first-order valence-corrected chi connectivity index (χ1v) is 22.7. The average Bonchev–Trinajstić information content (AvgIpc) is 4.01. The Morgan fingerprint density at radius 2 is 1.62 bits per heavy atom. The maximum Gasteiger partial charge on any atom is 0.289 e. The minimum Gasteiger partial charge on any atom is -0.346 e. The Morgan fingerprint density at radius 1 is 0.964 bits per heavy atom. The summed E-state index contributed by atoms with van der Waals surface area (Å²) >= 11 is 0. The number of ketones is 1. The molecule has 11 nitrogen and oxygen atoms in total. The van der Waals surface area contributed by atoms with Crippen molar-refractivity contribution < 1.29 is 32.4 Å². The van der Waals surface area contributed by atoms with E-state index in [-0.39, 0.29) is 53.2 Å². The van der Waals surface area contributed by atoms with Crippen molar-refractivity contribution in [1.82, 2.24) is 20.9 Å². The number of fused-ring (bicyclic) bond motifs is 1. The molecule has 4 amide bonds. The lowest BCUT2D eigenvalue weighted by atomic mass is 9.60. The number of hydrogen-bond donors (Lipinski definition) is 3. The van der Waals surface area contributed by atoms with Gasteiger partial charge in [0.05, 0.1) is 17.0 Å². The topological polar surface area (TPSA) is 159 Å². The lowest BCUT2D eigenvalue weighted by molar-refractivity contribution is -0.147. The summed E-state index contributed by atoms with van der Waals surface area (Å²) in [6.45, 7) is 19.8. The SMILES string of the molecule is C=CCNC(=O)C(=O)C(CC1CC1)NC(=O)C1C2C(CN1C(=O)C(NC(=O)C(C)C(C)C1(C3CCCCS3(=O)=O)CCCCC1)C(C)(C)C(C)=CC)C2(C)C. The van der Waals surface area contributed by atoms with Crippen molar-refractivity contribution >= 4 is 39.2 Å². The molecule has 3 aliphatic carbocycles. The summed E-state index contributed by atoms with van der Waals surface area (Å²) in [6.07, 6.45) is 12.3. The van der Waals surface area contributed by atoms with Crippen LogP contribution in [-0.2, 0) is 33.8 Å². The van der Waals surface area contributed by atoms with E-state index in [0.29, 0.717) is 25.8 Å². The van der Waals surface area contributed by atoms with Gasteiger partial charge in [-0.25, -0.2) is 8.42 Å². The zero-order chi connectivity index (χ0) is 40.7. The molecule has 0 aromatic carbocycles. The van der Waals surface area contributed by atoms with Gasteiger partial charge in [0.2, 0.25) is 23.5 Å². The van der Waals surface area contributed by atoms with Gasteiger partial charge in [-0.1, -0.05) is 97.8 Å². The smallest absolute Gasteiger partial charge is 0.289 e. The van der Waals surface area contributed by atoms with E-state index in [1.165, 1.54) is 6.08 Å². The van der Waals surface area contributed by atoms with Gasteiger partial charge in [0.1, 0.15) is 12.1 Å². The maximum atomic E-state index is 15.0. The van der Waals surface area contributed by atoms with Gasteiger partial charge in [0.25, 0.3) is 5.91 Å². The van der Waals surface area contributed by atoms with Crippen LogP contribution in [0, 0.1) is 45.8 Å². The van der Waals surface area contributed by atoms with Gasteiger partial charge < -0.3 is 20.9 Å². The molecule has 0 bridgehead atoms. The zero-order valence-electron chi connectivity index (χ0n) is 34.7. The summed E-state index contributed by atoms with van der Waals surface area (Å²) in [5, 5.41) is 8.16. The second-order valence-corrected chi connectivity index (χ2v) is 21.2. The van der Waals surface area contributed by atoms with Gasteiger partial charge in [0.15, 0.2) is 9.84 Å². The number of allylic oxidation sites excluding steroid dienone is 1. The lowest BCUT2D eigenvalue weighted by Crippen LogP contribution is -2.62. The fraction of sp³-hybridized carbons (Fsp3) is 0.791. The van der Waals surface area contributed by atoms with E-state index < -0.39 is 67.6 Å². The minimum absolute atomic E-state index is 0.0606. The highest BCUT2D eigenvalue weighted by Crippen LogP contribution is 2.65. The molecule has 12 heteroatoms. The Morgan fingerprint density at radius 3 is 2.20 bits per heavy atom. The standard InChI is InChI=1S/C43H68N4O7S/c1-10-22-44-39(51)35(48)31(24-29-18-19-29)45-38(50)34-33-30(42(33,8)9)25-47(34)40(52)36(41(6,7)26(3)11-2)46-37(49)27(4)28(5)43(20-14-12-15-21-43)32-17-13-16-23-55(32,53)54/h10-11,27-34,36H,1,12-25H2,2-9H3,(H,44,51)(H,45,50)(H,46,49). The van der Waals surface area contributed by atoms with Gasteiger partial charge in [-0.15, -0.1) is 6.58 Å². The minimum atomic E-state index is -3.31. The van der Waals surface area contributed by atoms with Crippen LogP contribution in [0.15, 0.2) is 24.3 Å². The van der Waals surface area contributed by atoms with Crippen LogP contribution in [0.25, 0.3) is 0 Å². The third-order valence-corrected chi connectivity index (χ3v) is 17.5. The summed E-state index contributed by atoms with van der Waals surface area (Å²) in [7, 11) is -3.31. The van der Waals surface area contributed by atoms with Gasteiger partial charge in [-0.2, -0.15) is 0 Å². The summed E-state index contributed by atoms with van der Waals surface area (Å²) in [5.41, 5.74) is -0.655. The highest BCUT2D eigenvalue weighted by atomic mass is 32.2. The molecular formula is C43H68N4O7S. The van der Waals surface area contributed by atoms with Crippen molar-refractivity contribution in [2.75, 3.05) is 18.8 Å².